The van der Waals surface area contributed by atoms with Gasteiger partial charge in [-0.3, -0.25) is 4.79 Å². The third kappa shape index (κ3) is 8.63. The summed E-state index contributed by atoms with van der Waals surface area (Å²) < 4.78 is 5.64. The van der Waals surface area contributed by atoms with Crippen LogP contribution in [-0.2, 0) is 9.53 Å². The van der Waals surface area contributed by atoms with E-state index in [2.05, 4.69) is 49.0 Å². The van der Waals surface area contributed by atoms with E-state index in [1.54, 1.807) is 12.1 Å². The maximum absolute atomic E-state index is 13.6. The molecule has 4 aromatic rings. The number of esters is 2. The van der Waals surface area contributed by atoms with Crippen LogP contribution in [0.5, 0.6) is 0 Å². The topological polar surface area (TPSA) is 107 Å². The van der Waals surface area contributed by atoms with Gasteiger partial charge in [0.1, 0.15) is 6.04 Å². The lowest BCUT2D eigenvalue weighted by molar-refractivity contribution is -0.137. The van der Waals surface area contributed by atoms with Gasteiger partial charge in [-0.2, -0.15) is 12.6 Å². The van der Waals surface area contributed by atoms with E-state index < -0.39 is 23.9 Å². The Labute approximate surface area is 289 Å². The molecule has 0 aromatic heterocycles. The highest BCUT2D eigenvalue weighted by Gasteiger charge is 2.26. The number of nitrogens with two attached hydrogens (primary N) is 1. The van der Waals surface area contributed by atoms with Gasteiger partial charge < -0.3 is 15.6 Å². The van der Waals surface area contributed by atoms with E-state index in [0.29, 0.717) is 23.0 Å². The highest BCUT2D eigenvalue weighted by atomic mass is 32.1. The molecular weight excluding hydrogens is 619 g/mol. The second-order valence-corrected chi connectivity index (χ2v) is 13.1. The van der Waals surface area contributed by atoms with Crippen LogP contribution in [0.4, 0.5) is 0 Å². The Balaban J connectivity index is 0.000000582. The predicted molar refractivity (Wildman–Crippen MR) is 195 cm³/mol. The highest BCUT2D eigenvalue weighted by Crippen LogP contribution is 2.40. The van der Waals surface area contributed by atoms with Crippen LogP contribution in [0.1, 0.15) is 108 Å². The van der Waals surface area contributed by atoms with Crippen LogP contribution < -0.4 is 5.73 Å². The summed E-state index contributed by atoms with van der Waals surface area (Å²) in [5.41, 5.74) is 12.1. The summed E-state index contributed by atoms with van der Waals surface area (Å²) in [6.45, 7) is 0. The van der Waals surface area contributed by atoms with Crippen molar-refractivity contribution in [1.82, 2.24) is 0 Å². The lowest BCUT2D eigenvalue weighted by Gasteiger charge is -2.25. The first-order valence-corrected chi connectivity index (χ1v) is 17.7. The molecule has 2 saturated carbocycles. The smallest absolute Gasteiger partial charge is 0.346 e. The summed E-state index contributed by atoms with van der Waals surface area (Å²) in [4.78, 5) is 37.0. The zero-order valence-corrected chi connectivity index (χ0v) is 28.2. The summed E-state index contributed by atoms with van der Waals surface area (Å²) in [5, 5.41) is 8.01. The number of carbonyl (C=O) groups excluding carboxylic acids is 2. The first kappa shape index (κ1) is 35.1. The van der Waals surface area contributed by atoms with Gasteiger partial charge in [0, 0.05) is 5.75 Å². The number of carbonyl (C=O) groups is 3. The van der Waals surface area contributed by atoms with E-state index in [1.807, 2.05) is 48.5 Å². The zero-order valence-electron chi connectivity index (χ0n) is 27.4. The number of hydrogen-bond donors (Lipinski definition) is 3. The van der Waals surface area contributed by atoms with Gasteiger partial charge in [0.25, 0.3) is 0 Å². The minimum Gasteiger partial charge on any atom is -0.480 e. The lowest BCUT2D eigenvalue weighted by Crippen LogP contribution is -2.31. The zero-order chi connectivity index (χ0) is 33.9. The number of rotatable bonds is 8. The van der Waals surface area contributed by atoms with Crippen molar-refractivity contribution in [3.05, 3.63) is 119 Å². The Hall–Kier alpha value is -4.20. The van der Waals surface area contributed by atoms with Gasteiger partial charge in [0.2, 0.25) is 0 Å². The molecule has 0 radical (unpaired) electrons. The van der Waals surface area contributed by atoms with Crippen molar-refractivity contribution >= 4 is 30.5 Å². The summed E-state index contributed by atoms with van der Waals surface area (Å²) in [5.74, 6) is -1.06. The molecule has 2 aliphatic rings. The van der Waals surface area contributed by atoms with Crippen LogP contribution in [0.25, 0.3) is 22.3 Å². The van der Waals surface area contributed by atoms with E-state index in [4.69, 9.17) is 15.6 Å². The normalized spacial score (nSPS) is 15.9. The predicted octanol–water partition coefficient (Wildman–Crippen LogP) is 9.44. The van der Waals surface area contributed by atoms with Gasteiger partial charge in [-0.25, -0.2) is 9.59 Å². The van der Waals surface area contributed by atoms with Crippen molar-refractivity contribution in [3.63, 3.8) is 0 Å². The molecule has 6 nitrogen and oxygen atoms in total. The van der Waals surface area contributed by atoms with Gasteiger partial charge in [-0.05, 0) is 83.0 Å². The molecule has 0 aliphatic heterocycles. The molecule has 2 fully saturated rings. The average molecular weight is 664 g/mol. The fourth-order valence-electron chi connectivity index (χ4n) is 7.09. The number of carboxylic acids is 1. The first-order valence-electron chi connectivity index (χ1n) is 17.1. The maximum Gasteiger partial charge on any atom is 0.346 e. The largest absolute Gasteiger partial charge is 0.480 e. The fourth-order valence-corrected chi connectivity index (χ4v) is 7.24. The van der Waals surface area contributed by atoms with E-state index in [0.717, 1.165) is 22.3 Å². The van der Waals surface area contributed by atoms with Crippen molar-refractivity contribution < 1.29 is 24.2 Å². The third-order valence-electron chi connectivity index (χ3n) is 9.59. The first-order chi connectivity index (χ1) is 23.4. The number of thiol groups is 1. The van der Waals surface area contributed by atoms with E-state index in [9.17, 15) is 14.4 Å². The molecule has 6 rings (SSSR count). The number of benzene rings is 4. The van der Waals surface area contributed by atoms with Gasteiger partial charge >= 0.3 is 17.9 Å². The summed E-state index contributed by atoms with van der Waals surface area (Å²) in [6.07, 6.45) is 12.2. The van der Waals surface area contributed by atoms with Crippen LogP contribution in [-0.4, -0.2) is 34.8 Å². The van der Waals surface area contributed by atoms with E-state index >= 15 is 0 Å². The average Bonchev–Trinajstić information content (AvgIpc) is 3.15. The van der Waals surface area contributed by atoms with Crippen LogP contribution in [0.3, 0.4) is 0 Å². The van der Waals surface area contributed by atoms with E-state index in [-0.39, 0.29) is 5.75 Å². The highest BCUT2D eigenvalue weighted by molar-refractivity contribution is 7.80. The molecule has 0 spiro atoms. The Morgan fingerprint density at radius 2 is 0.958 bits per heavy atom. The minimum absolute atomic E-state index is 0.190. The molecule has 250 valence electrons. The van der Waals surface area contributed by atoms with Crippen molar-refractivity contribution in [1.29, 1.82) is 0 Å². The maximum atomic E-state index is 13.6. The Morgan fingerprint density at radius 3 is 1.31 bits per heavy atom. The van der Waals surface area contributed by atoms with Crippen LogP contribution in [0, 0.1) is 0 Å². The second-order valence-electron chi connectivity index (χ2n) is 12.7. The molecule has 3 N–H and O–H groups in total. The van der Waals surface area contributed by atoms with Gasteiger partial charge in [-0.15, -0.1) is 0 Å². The van der Waals surface area contributed by atoms with Crippen molar-refractivity contribution in [2.45, 2.75) is 82.1 Å². The molecule has 1 atom stereocenters. The standard InChI is InChI=1S/C38H38O3.C3H7NO2S/c39-37(35-25-13-11-23-33(35)31-21-9-7-19-29(31)27-15-3-1-4-16-27)41-38(40)36-26-14-12-24-34(36)32-22-10-8-20-30(32)28-17-5-2-6-18-28;4-2(1-7)3(5)6/h7-14,19-28H,1-6,15-18H2;2,7H,1,4H2,(H,5,6). The molecule has 48 heavy (non-hydrogen) atoms. The number of carboxylic acid groups (broad SMARTS) is 1. The van der Waals surface area contributed by atoms with Crippen molar-refractivity contribution in [3.8, 4) is 22.3 Å². The Bertz CT molecular complexity index is 1590. The molecule has 0 bridgehead atoms. The molecule has 7 heteroatoms. The molecular formula is C41H45NO5S. The summed E-state index contributed by atoms with van der Waals surface area (Å²) in [6, 6.07) is 31.0. The van der Waals surface area contributed by atoms with E-state index in [1.165, 1.54) is 75.3 Å². The van der Waals surface area contributed by atoms with Gasteiger partial charge in [-0.1, -0.05) is 123 Å². The van der Waals surface area contributed by atoms with Crippen LogP contribution >= 0.6 is 12.6 Å². The van der Waals surface area contributed by atoms with Crippen molar-refractivity contribution in [2.75, 3.05) is 5.75 Å². The summed E-state index contributed by atoms with van der Waals surface area (Å²) in [7, 11) is 0. The molecule has 0 heterocycles. The molecule has 0 amide bonds. The minimum atomic E-state index is -1.00. The molecule has 2 aliphatic carbocycles. The molecule has 4 aromatic carbocycles. The van der Waals surface area contributed by atoms with Gasteiger partial charge in [0.05, 0.1) is 11.1 Å². The van der Waals surface area contributed by atoms with Crippen LogP contribution in [0.2, 0.25) is 0 Å². The monoisotopic (exact) mass is 663 g/mol. The summed E-state index contributed by atoms with van der Waals surface area (Å²) >= 11 is 3.65. The van der Waals surface area contributed by atoms with Crippen LogP contribution in [0.15, 0.2) is 97.1 Å². The molecule has 1 unspecified atom stereocenters. The second kappa shape index (κ2) is 17.3. The Kier molecular flexibility index (Phi) is 12.6. The van der Waals surface area contributed by atoms with Crippen molar-refractivity contribution in [2.24, 2.45) is 5.73 Å². The third-order valence-corrected chi connectivity index (χ3v) is 9.98. The molecule has 0 saturated heterocycles. The van der Waals surface area contributed by atoms with Gasteiger partial charge in [0.15, 0.2) is 0 Å². The Morgan fingerprint density at radius 1 is 0.604 bits per heavy atom. The number of hydrogen-bond acceptors (Lipinski definition) is 6. The fraction of sp³-hybridized carbons (Fsp3) is 0.341. The number of aliphatic carboxylic acids is 1. The number of ether oxygens (including phenoxy) is 1. The SMILES string of the molecule is NC(CS)C(=O)O.O=C(OC(=O)c1ccccc1-c1ccccc1C1CCCCC1)c1ccccc1-c1ccccc1C1CCCCC1. The quantitative estimate of drug-likeness (QED) is 0.0985. The lowest BCUT2D eigenvalue weighted by atomic mass is 9.80.